The number of hydrogen-bond donors (Lipinski definition) is 2. The second-order valence-electron chi connectivity index (χ2n) is 5.13. The molecule has 2 aromatic carbocycles. The average molecular weight is 255 g/mol. The van der Waals surface area contributed by atoms with Crippen LogP contribution in [0.4, 0.5) is 5.69 Å². The van der Waals surface area contributed by atoms with Crippen LogP contribution >= 0.6 is 0 Å². The maximum atomic E-state index is 11.3. The van der Waals surface area contributed by atoms with Crippen molar-refractivity contribution in [2.45, 2.75) is 19.3 Å². The fraction of sp³-hybridized carbons (Fsp3) is 0.188. The van der Waals surface area contributed by atoms with Crippen LogP contribution in [0.15, 0.2) is 48.5 Å². The molecule has 3 nitrogen and oxygen atoms in total. The molecule has 0 unspecified atom stereocenters. The Morgan fingerprint density at radius 3 is 2.26 bits per heavy atom. The Labute approximate surface area is 112 Å². The van der Waals surface area contributed by atoms with E-state index in [0.717, 1.165) is 16.7 Å². The van der Waals surface area contributed by atoms with Gasteiger partial charge in [0.15, 0.2) is 0 Å². The highest BCUT2D eigenvalue weighted by molar-refractivity contribution is 5.81. The van der Waals surface area contributed by atoms with Crippen LogP contribution in [0.3, 0.4) is 0 Å². The molecule has 0 atom stereocenters. The smallest absolute Gasteiger partial charge is 0.313 e. The minimum Gasteiger partial charge on any atom is -0.481 e. The number of carboxylic acids is 1. The van der Waals surface area contributed by atoms with Crippen molar-refractivity contribution < 1.29 is 9.90 Å². The summed E-state index contributed by atoms with van der Waals surface area (Å²) in [6.07, 6.45) is 0. The van der Waals surface area contributed by atoms with Gasteiger partial charge in [0.2, 0.25) is 0 Å². The van der Waals surface area contributed by atoms with Gasteiger partial charge in [-0.3, -0.25) is 4.79 Å². The predicted molar refractivity (Wildman–Crippen MR) is 77.0 cm³/mol. The lowest BCUT2D eigenvalue weighted by molar-refractivity contribution is -0.142. The average Bonchev–Trinajstić information content (AvgIpc) is 2.39. The van der Waals surface area contributed by atoms with E-state index in [1.54, 1.807) is 13.8 Å². The van der Waals surface area contributed by atoms with Crippen LogP contribution in [-0.2, 0) is 10.2 Å². The van der Waals surface area contributed by atoms with Gasteiger partial charge in [0.05, 0.1) is 5.41 Å². The molecule has 0 aliphatic heterocycles. The minimum atomic E-state index is -0.899. The van der Waals surface area contributed by atoms with Crippen molar-refractivity contribution >= 4 is 11.7 Å². The van der Waals surface area contributed by atoms with E-state index in [9.17, 15) is 9.90 Å². The van der Waals surface area contributed by atoms with E-state index in [-0.39, 0.29) is 0 Å². The SMILES string of the molecule is CC(C)(C(=O)O)c1cccc(-c2ccc(N)cc2)c1. The zero-order valence-electron chi connectivity index (χ0n) is 11.1. The number of benzene rings is 2. The zero-order chi connectivity index (χ0) is 14.0. The predicted octanol–water partition coefficient (Wildman–Crippen LogP) is 3.30. The van der Waals surface area contributed by atoms with E-state index in [4.69, 9.17) is 5.73 Å². The standard InChI is InChI=1S/C16H17NO2/c1-16(2,15(18)19)13-5-3-4-12(10-13)11-6-8-14(17)9-7-11/h3-10H,17H2,1-2H3,(H,18,19). The summed E-state index contributed by atoms with van der Waals surface area (Å²) in [5, 5.41) is 9.28. The topological polar surface area (TPSA) is 63.3 Å². The van der Waals surface area contributed by atoms with Crippen molar-refractivity contribution in [3.8, 4) is 11.1 Å². The van der Waals surface area contributed by atoms with Crippen molar-refractivity contribution in [1.29, 1.82) is 0 Å². The van der Waals surface area contributed by atoms with Crippen molar-refractivity contribution in [2.75, 3.05) is 5.73 Å². The lowest BCUT2D eigenvalue weighted by Crippen LogP contribution is -2.28. The van der Waals surface area contributed by atoms with E-state index in [1.807, 2.05) is 48.5 Å². The van der Waals surface area contributed by atoms with Crippen LogP contribution in [0.2, 0.25) is 0 Å². The van der Waals surface area contributed by atoms with Gasteiger partial charge in [0.25, 0.3) is 0 Å². The first kappa shape index (κ1) is 13.1. The van der Waals surface area contributed by atoms with Crippen LogP contribution < -0.4 is 5.73 Å². The van der Waals surface area contributed by atoms with E-state index in [1.165, 1.54) is 0 Å². The molecule has 19 heavy (non-hydrogen) atoms. The summed E-state index contributed by atoms with van der Waals surface area (Å²) in [6.45, 7) is 3.41. The maximum Gasteiger partial charge on any atom is 0.313 e. The monoisotopic (exact) mass is 255 g/mol. The molecule has 0 aliphatic rings. The number of nitrogens with two attached hydrogens (primary N) is 1. The summed E-state index contributed by atoms with van der Waals surface area (Å²) in [4.78, 5) is 11.3. The summed E-state index contributed by atoms with van der Waals surface area (Å²) in [5.41, 5.74) is 8.28. The zero-order valence-corrected chi connectivity index (χ0v) is 11.1. The molecule has 0 saturated heterocycles. The van der Waals surface area contributed by atoms with Crippen LogP contribution in [0, 0.1) is 0 Å². The molecule has 2 rings (SSSR count). The summed E-state index contributed by atoms with van der Waals surface area (Å²) >= 11 is 0. The summed E-state index contributed by atoms with van der Waals surface area (Å²) in [6, 6.07) is 15.1. The number of hydrogen-bond acceptors (Lipinski definition) is 2. The van der Waals surface area contributed by atoms with Crippen molar-refractivity contribution in [3.05, 3.63) is 54.1 Å². The molecule has 0 aromatic heterocycles. The minimum absolute atomic E-state index is 0.714. The van der Waals surface area contributed by atoms with Crippen LogP contribution in [0.1, 0.15) is 19.4 Å². The van der Waals surface area contributed by atoms with Gasteiger partial charge in [-0.1, -0.05) is 36.4 Å². The molecule has 0 heterocycles. The largest absolute Gasteiger partial charge is 0.481 e. The molecule has 3 N–H and O–H groups in total. The summed E-state index contributed by atoms with van der Waals surface area (Å²) < 4.78 is 0. The Hall–Kier alpha value is -2.29. The first-order valence-electron chi connectivity index (χ1n) is 6.11. The highest BCUT2D eigenvalue weighted by Gasteiger charge is 2.29. The molecule has 0 bridgehead atoms. The van der Waals surface area contributed by atoms with Gasteiger partial charge >= 0.3 is 5.97 Å². The second-order valence-corrected chi connectivity index (χ2v) is 5.13. The summed E-state index contributed by atoms with van der Waals surface area (Å²) in [5.74, 6) is -0.832. The molecular formula is C16H17NO2. The fourth-order valence-electron chi connectivity index (χ4n) is 1.89. The Bertz CT molecular complexity index is 600. The molecule has 98 valence electrons. The molecule has 0 saturated carbocycles. The number of aliphatic carboxylic acids is 1. The van der Waals surface area contributed by atoms with Gasteiger partial charge in [-0.05, 0) is 42.7 Å². The van der Waals surface area contributed by atoms with E-state index >= 15 is 0 Å². The van der Waals surface area contributed by atoms with Crippen LogP contribution in [0.5, 0.6) is 0 Å². The molecule has 3 heteroatoms. The number of nitrogen functional groups attached to an aromatic ring is 1. The first-order valence-corrected chi connectivity index (χ1v) is 6.11. The van der Waals surface area contributed by atoms with Gasteiger partial charge in [0.1, 0.15) is 0 Å². The van der Waals surface area contributed by atoms with Crippen molar-refractivity contribution in [1.82, 2.24) is 0 Å². The molecule has 0 radical (unpaired) electrons. The lowest BCUT2D eigenvalue weighted by atomic mass is 9.83. The van der Waals surface area contributed by atoms with E-state index < -0.39 is 11.4 Å². The Morgan fingerprint density at radius 2 is 1.68 bits per heavy atom. The molecule has 0 aliphatic carbocycles. The van der Waals surface area contributed by atoms with E-state index in [2.05, 4.69) is 0 Å². The maximum absolute atomic E-state index is 11.3. The van der Waals surface area contributed by atoms with Crippen molar-refractivity contribution in [3.63, 3.8) is 0 Å². The van der Waals surface area contributed by atoms with Gasteiger partial charge in [0, 0.05) is 5.69 Å². The first-order chi connectivity index (χ1) is 8.91. The van der Waals surface area contributed by atoms with Crippen LogP contribution in [-0.4, -0.2) is 11.1 Å². The summed E-state index contributed by atoms with van der Waals surface area (Å²) in [7, 11) is 0. The van der Waals surface area contributed by atoms with Crippen LogP contribution in [0.25, 0.3) is 11.1 Å². The normalized spacial score (nSPS) is 11.3. The number of carboxylic acid groups (broad SMARTS) is 1. The van der Waals surface area contributed by atoms with Gasteiger partial charge in [-0.25, -0.2) is 0 Å². The third kappa shape index (κ3) is 2.60. The Kier molecular flexibility index (Phi) is 3.30. The molecular weight excluding hydrogens is 238 g/mol. The Balaban J connectivity index is 2.45. The third-order valence-corrected chi connectivity index (χ3v) is 3.36. The molecule has 0 amide bonds. The van der Waals surface area contributed by atoms with Gasteiger partial charge in [-0.2, -0.15) is 0 Å². The fourth-order valence-corrected chi connectivity index (χ4v) is 1.89. The number of carbonyl (C=O) groups is 1. The van der Waals surface area contributed by atoms with E-state index in [0.29, 0.717) is 5.69 Å². The van der Waals surface area contributed by atoms with Gasteiger partial charge in [-0.15, -0.1) is 0 Å². The van der Waals surface area contributed by atoms with Gasteiger partial charge < -0.3 is 10.8 Å². The highest BCUT2D eigenvalue weighted by Crippen LogP contribution is 2.28. The lowest BCUT2D eigenvalue weighted by Gasteiger charge is -2.20. The molecule has 2 aromatic rings. The van der Waals surface area contributed by atoms with Crippen molar-refractivity contribution in [2.24, 2.45) is 0 Å². The molecule has 0 fully saturated rings. The number of anilines is 1. The highest BCUT2D eigenvalue weighted by atomic mass is 16.4. The number of rotatable bonds is 3. The quantitative estimate of drug-likeness (QED) is 0.827. The second kappa shape index (κ2) is 4.76. The third-order valence-electron chi connectivity index (χ3n) is 3.36. The molecule has 0 spiro atoms. The Morgan fingerprint density at radius 1 is 1.05 bits per heavy atom.